The van der Waals surface area contributed by atoms with Crippen LogP contribution in [0, 0.1) is 0 Å². The van der Waals surface area contributed by atoms with Crippen molar-refractivity contribution in [1.82, 2.24) is 14.5 Å². The van der Waals surface area contributed by atoms with Gasteiger partial charge < -0.3 is 14.9 Å². The Balaban J connectivity index is 1.28. The molecule has 12 heteroatoms. The molecule has 1 saturated carbocycles. The zero-order valence-electron chi connectivity index (χ0n) is 20.6. The third kappa shape index (κ3) is 5.67. The molecule has 3 amide bonds. The fraction of sp³-hybridized carbons (Fsp3) is 0.346. The quantitative estimate of drug-likeness (QED) is 0.443. The zero-order valence-corrected chi connectivity index (χ0v) is 22.9. The van der Waals surface area contributed by atoms with Gasteiger partial charge in [0.25, 0.3) is 11.8 Å². The first-order valence-electron chi connectivity index (χ1n) is 12.0. The van der Waals surface area contributed by atoms with E-state index in [-0.39, 0.29) is 38.0 Å². The summed E-state index contributed by atoms with van der Waals surface area (Å²) < 4.78 is 26.9. The van der Waals surface area contributed by atoms with Gasteiger partial charge >= 0.3 is 0 Å². The van der Waals surface area contributed by atoms with Gasteiger partial charge in [0.2, 0.25) is 15.9 Å². The second kappa shape index (κ2) is 11.0. The maximum absolute atomic E-state index is 12.9. The molecule has 0 radical (unpaired) electrons. The number of likely N-dealkylation sites (N-methyl/N-ethyl adjacent to an activating group) is 1. The minimum Gasteiger partial charge on any atom is -0.503 e. The molecule has 0 atom stereocenters. The standard InChI is InChI=1S/C26H27Cl2N3O6S/c1-30(15-17-9-10-20(27)21(28)14-17)24(34)19-16-31(25(35)23(19)33)13-5-8-22(32)29-38(36,37)26(11-12-26)18-6-3-2-4-7-18/h2-4,6-7,9-10,14,33H,5,8,11-13,15-16H2,1H3,(H,29,32). The van der Waals surface area contributed by atoms with Crippen LogP contribution in [0.4, 0.5) is 0 Å². The molecule has 0 unspecified atom stereocenters. The third-order valence-electron chi connectivity index (χ3n) is 6.73. The Kier molecular flexibility index (Phi) is 8.06. The largest absolute Gasteiger partial charge is 0.503 e. The Morgan fingerprint density at radius 2 is 1.79 bits per heavy atom. The van der Waals surface area contributed by atoms with Crippen molar-refractivity contribution in [3.05, 3.63) is 81.0 Å². The molecule has 2 aromatic carbocycles. The van der Waals surface area contributed by atoms with E-state index in [1.54, 1.807) is 48.5 Å². The first kappa shape index (κ1) is 27.9. The van der Waals surface area contributed by atoms with Crippen LogP contribution in [-0.2, 0) is 35.7 Å². The molecule has 2 aliphatic rings. The maximum atomic E-state index is 12.9. The van der Waals surface area contributed by atoms with Gasteiger partial charge in [-0.1, -0.05) is 59.6 Å². The molecule has 2 aromatic rings. The minimum absolute atomic E-state index is 0.0527. The number of halogens is 2. The predicted molar refractivity (Wildman–Crippen MR) is 143 cm³/mol. The molecule has 0 spiro atoms. The Morgan fingerprint density at radius 3 is 2.42 bits per heavy atom. The van der Waals surface area contributed by atoms with E-state index in [2.05, 4.69) is 4.72 Å². The van der Waals surface area contributed by atoms with Crippen LogP contribution in [0.15, 0.2) is 59.9 Å². The van der Waals surface area contributed by atoms with Gasteiger partial charge in [-0.2, -0.15) is 0 Å². The lowest BCUT2D eigenvalue weighted by atomic mass is 10.1. The summed E-state index contributed by atoms with van der Waals surface area (Å²) in [5.74, 6) is -2.55. The number of amides is 3. The van der Waals surface area contributed by atoms with Crippen LogP contribution in [0.1, 0.15) is 36.8 Å². The molecule has 1 heterocycles. The van der Waals surface area contributed by atoms with Gasteiger partial charge in [-0.05, 0) is 42.5 Å². The summed E-state index contributed by atoms with van der Waals surface area (Å²) in [5, 5.41) is 11.0. The number of carbonyl (C=O) groups is 3. The highest BCUT2D eigenvalue weighted by molar-refractivity contribution is 7.91. The van der Waals surface area contributed by atoms with Gasteiger partial charge in [-0.3, -0.25) is 19.1 Å². The van der Waals surface area contributed by atoms with E-state index in [1.807, 2.05) is 0 Å². The molecule has 0 saturated heterocycles. The van der Waals surface area contributed by atoms with Crippen LogP contribution in [0.25, 0.3) is 0 Å². The second-order valence-corrected chi connectivity index (χ2v) is 12.3. The zero-order chi connectivity index (χ0) is 27.7. The lowest BCUT2D eigenvalue weighted by Gasteiger charge is -2.20. The molecule has 9 nitrogen and oxygen atoms in total. The van der Waals surface area contributed by atoms with E-state index in [0.717, 1.165) is 5.56 Å². The van der Waals surface area contributed by atoms with E-state index < -0.39 is 38.3 Å². The number of rotatable bonds is 10. The molecule has 1 aliphatic heterocycles. The van der Waals surface area contributed by atoms with Crippen LogP contribution < -0.4 is 4.72 Å². The number of nitrogens with zero attached hydrogens (tertiary/aromatic N) is 2. The first-order chi connectivity index (χ1) is 17.9. The first-order valence-corrected chi connectivity index (χ1v) is 14.2. The van der Waals surface area contributed by atoms with Crippen LogP contribution in [0.3, 0.4) is 0 Å². The highest BCUT2D eigenvalue weighted by Gasteiger charge is 2.56. The van der Waals surface area contributed by atoms with Crippen LogP contribution in [-0.4, -0.2) is 61.2 Å². The van der Waals surface area contributed by atoms with Crippen LogP contribution in [0.5, 0.6) is 0 Å². The summed E-state index contributed by atoms with van der Waals surface area (Å²) in [6.07, 6.45) is 0.876. The Labute approximate surface area is 231 Å². The second-order valence-electron chi connectivity index (χ2n) is 9.46. The number of nitrogens with one attached hydrogen (secondary N) is 1. The fourth-order valence-electron chi connectivity index (χ4n) is 4.48. The van der Waals surface area contributed by atoms with Gasteiger partial charge in [-0.15, -0.1) is 0 Å². The van der Waals surface area contributed by atoms with E-state index in [1.165, 1.54) is 16.8 Å². The summed E-state index contributed by atoms with van der Waals surface area (Å²) >= 11 is 12.0. The van der Waals surface area contributed by atoms with Gasteiger partial charge in [0.15, 0.2) is 5.76 Å². The van der Waals surface area contributed by atoms with Crippen molar-refractivity contribution in [3.63, 3.8) is 0 Å². The van der Waals surface area contributed by atoms with Gasteiger partial charge in [-0.25, -0.2) is 8.42 Å². The van der Waals surface area contributed by atoms with Gasteiger partial charge in [0, 0.05) is 26.6 Å². The molecule has 38 heavy (non-hydrogen) atoms. The summed E-state index contributed by atoms with van der Waals surface area (Å²) in [7, 11) is -2.39. The summed E-state index contributed by atoms with van der Waals surface area (Å²) in [5.41, 5.74) is 1.31. The lowest BCUT2D eigenvalue weighted by molar-refractivity contribution is -0.128. The highest BCUT2D eigenvalue weighted by atomic mass is 35.5. The van der Waals surface area contributed by atoms with Crippen molar-refractivity contribution < 1.29 is 27.9 Å². The minimum atomic E-state index is -3.92. The summed E-state index contributed by atoms with van der Waals surface area (Å²) in [6.45, 7) is 0.125. The number of aliphatic hydroxyl groups excluding tert-OH is 1. The molecule has 1 aliphatic carbocycles. The van der Waals surface area contributed by atoms with Crippen LogP contribution >= 0.6 is 23.2 Å². The van der Waals surface area contributed by atoms with Crippen molar-refractivity contribution >= 4 is 50.9 Å². The molecular formula is C26H27Cl2N3O6S. The Morgan fingerprint density at radius 1 is 1.11 bits per heavy atom. The fourth-order valence-corrected chi connectivity index (χ4v) is 6.48. The summed E-state index contributed by atoms with van der Waals surface area (Å²) in [4.78, 5) is 40.4. The van der Waals surface area contributed by atoms with E-state index in [0.29, 0.717) is 28.5 Å². The third-order valence-corrected chi connectivity index (χ3v) is 9.64. The Bertz CT molecular complexity index is 1410. The molecule has 0 bridgehead atoms. The normalized spacial score (nSPS) is 16.5. The molecule has 1 fully saturated rings. The highest BCUT2D eigenvalue weighted by Crippen LogP contribution is 2.52. The van der Waals surface area contributed by atoms with Crippen molar-refractivity contribution in [2.45, 2.75) is 37.0 Å². The van der Waals surface area contributed by atoms with Crippen molar-refractivity contribution in [1.29, 1.82) is 0 Å². The molecule has 202 valence electrons. The average molecular weight is 580 g/mol. The smallest absolute Gasteiger partial charge is 0.289 e. The van der Waals surface area contributed by atoms with Crippen molar-refractivity contribution in [2.24, 2.45) is 0 Å². The SMILES string of the molecule is CN(Cc1ccc(Cl)c(Cl)c1)C(=O)C1=C(O)C(=O)N(CCCC(=O)NS(=O)(=O)C2(c3ccccc3)CC2)C1. The van der Waals surface area contributed by atoms with Crippen molar-refractivity contribution in [3.8, 4) is 0 Å². The number of aliphatic hydroxyl groups is 1. The molecular weight excluding hydrogens is 553 g/mol. The monoisotopic (exact) mass is 579 g/mol. The van der Waals surface area contributed by atoms with Crippen LogP contribution in [0.2, 0.25) is 10.0 Å². The van der Waals surface area contributed by atoms with E-state index >= 15 is 0 Å². The van der Waals surface area contributed by atoms with E-state index in [4.69, 9.17) is 23.2 Å². The number of benzene rings is 2. The maximum Gasteiger partial charge on any atom is 0.289 e. The number of hydrogen-bond donors (Lipinski definition) is 2. The van der Waals surface area contributed by atoms with E-state index in [9.17, 15) is 27.9 Å². The molecule has 0 aromatic heterocycles. The number of sulfonamides is 1. The molecule has 4 rings (SSSR count). The van der Waals surface area contributed by atoms with Gasteiger partial charge in [0.05, 0.1) is 22.2 Å². The average Bonchev–Trinajstić information content (AvgIpc) is 3.66. The predicted octanol–water partition coefficient (Wildman–Crippen LogP) is 3.52. The van der Waals surface area contributed by atoms with Crippen molar-refractivity contribution in [2.75, 3.05) is 20.1 Å². The lowest BCUT2D eigenvalue weighted by Crippen LogP contribution is -2.39. The topological polar surface area (TPSA) is 124 Å². The number of hydrogen-bond acceptors (Lipinski definition) is 6. The Hall–Kier alpha value is -3.08. The molecule has 2 N–H and O–H groups in total. The summed E-state index contributed by atoms with van der Waals surface area (Å²) in [6, 6.07) is 13.7. The number of carbonyl (C=O) groups excluding carboxylic acids is 3. The van der Waals surface area contributed by atoms with Gasteiger partial charge in [0.1, 0.15) is 4.75 Å².